The van der Waals surface area contributed by atoms with Crippen LogP contribution < -0.4 is 5.32 Å². The molecule has 1 N–H and O–H groups in total. The quantitative estimate of drug-likeness (QED) is 0.798. The van der Waals surface area contributed by atoms with Crippen LogP contribution in [-0.4, -0.2) is 11.5 Å². The van der Waals surface area contributed by atoms with Crippen molar-refractivity contribution in [3.05, 3.63) is 17.3 Å². The van der Waals surface area contributed by atoms with E-state index in [-0.39, 0.29) is 0 Å². The van der Waals surface area contributed by atoms with Gasteiger partial charge in [-0.25, -0.2) is 4.98 Å². The lowest BCUT2D eigenvalue weighted by molar-refractivity contribution is 0.424. The Morgan fingerprint density at radius 3 is 2.64 bits per heavy atom. The predicted molar refractivity (Wildman–Crippen MR) is 55.0 cm³/mol. The summed E-state index contributed by atoms with van der Waals surface area (Å²) in [6, 6.07) is 0. The molecule has 1 aromatic rings. The third kappa shape index (κ3) is 2.15. The standard InChI is InChI=1S/C11H18N2O/c1-8-9(2)14-10(13-8)6-12-7-11(3)4-5-11/h12H,4-7H2,1-3H3. The van der Waals surface area contributed by atoms with Crippen LogP contribution in [0.1, 0.15) is 37.1 Å². The van der Waals surface area contributed by atoms with E-state index in [0.717, 1.165) is 30.4 Å². The highest BCUT2D eigenvalue weighted by Crippen LogP contribution is 2.44. The first-order valence-electron chi connectivity index (χ1n) is 5.23. The first kappa shape index (κ1) is 9.71. The van der Waals surface area contributed by atoms with E-state index in [2.05, 4.69) is 17.2 Å². The Morgan fingerprint density at radius 1 is 1.43 bits per heavy atom. The summed E-state index contributed by atoms with van der Waals surface area (Å²) in [7, 11) is 0. The summed E-state index contributed by atoms with van der Waals surface area (Å²) in [4.78, 5) is 4.32. The molecule has 3 heteroatoms. The summed E-state index contributed by atoms with van der Waals surface area (Å²) in [6.07, 6.45) is 2.70. The van der Waals surface area contributed by atoms with Crippen LogP contribution in [-0.2, 0) is 6.54 Å². The van der Waals surface area contributed by atoms with E-state index in [1.165, 1.54) is 12.8 Å². The fourth-order valence-corrected chi connectivity index (χ4v) is 1.48. The van der Waals surface area contributed by atoms with Crippen LogP contribution in [0, 0.1) is 19.3 Å². The van der Waals surface area contributed by atoms with E-state index < -0.39 is 0 Å². The molecule has 0 unspecified atom stereocenters. The highest BCUT2D eigenvalue weighted by molar-refractivity contribution is 5.05. The van der Waals surface area contributed by atoms with E-state index in [1.54, 1.807) is 0 Å². The van der Waals surface area contributed by atoms with E-state index in [9.17, 15) is 0 Å². The topological polar surface area (TPSA) is 38.1 Å². The normalized spacial score (nSPS) is 18.5. The van der Waals surface area contributed by atoms with Crippen LogP contribution >= 0.6 is 0 Å². The molecule has 14 heavy (non-hydrogen) atoms. The largest absolute Gasteiger partial charge is 0.444 e. The van der Waals surface area contributed by atoms with Crippen molar-refractivity contribution >= 4 is 0 Å². The number of aromatic nitrogens is 1. The van der Waals surface area contributed by atoms with Crippen molar-refractivity contribution in [2.24, 2.45) is 5.41 Å². The van der Waals surface area contributed by atoms with Crippen molar-refractivity contribution in [2.45, 2.75) is 40.2 Å². The van der Waals surface area contributed by atoms with E-state index in [4.69, 9.17) is 4.42 Å². The third-order valence-corrected chi connectivity index (χ3v) is 3.00. The average Bonchev–Trinajstić information content (AvgIpc) is 2.75. The highest BCUT2D eigenvalue weighted by atomic mass is 16.4. The Hall–Kier alpha value is -0.830. The molecule has 0 amide bonds. The van der Waals surface area contributed by atoms with Crippen molar-refractivity contribution in [1.29, 1.82) is 0 Å². The van der Waals surface area contributed by atoms with Crippen molar-refractivity contribution < 1.29 is 4.42 Å². The smallest absolute Gasteiger partial charge is 0.208 e. The molecule has 1 fully saturated rings. The molecule has 3 nitrogen and oxygen atoms in total. The number of hydrogen-bond donors (Lipinski definition) is 1. The SMILES string of the molecule is Cc1nc(CNCC2(C)CC2)oc1C. The van der Waals surface area contributed by atoms with Gasteiger partial charge in [0.2, 0.25) is 5.89 Å². The van der Waals surface area contributed by atoms with Crippen molar-refractivity contribution in [3.63, 3.8) is 0 Å². The fraction of sp³-hybridized carbons (Fsp3) is 0.727. The second kappa shape index (κ2) is 3.39. The van der Waals surface area contributed by atoms with Crippen molar-refractivity contribution in [2.75, 3.05) is 6.54 Å². The zero-order chi connectivity index (χ0) is 10.2. The summed E-state index contributed by atoms with van der Waals surface area (Å²) < 4.78 is 5.48. The summed E-state index contributed by atoms with van der Waals surface area (Å²) in [5, 5.41) is 3.39. The van der Waals surface area contributed by atoms with Gasteiger partial charge in [0, 0.05) is 6.54 Å². The minimum absolute atomic E-state index is 0.552. The van der Waals surface area contributed by atoms with Crippen LogP contribution in [0.4, 0.5) is 0 Å². The molecule has 0 spiro atoms. The monoisotopic (exact) mass is 194 g/mol. The van der Waals surface area contributed by atoms with Crippen LogP contribution in [0.15, 0.2) is 4.42 Å². The maximum atomic E-state index is 5.48. The summed E-state index contributed by atoms with van der Waals surface area (Å²) >= 11 is 0. The molecule has 0 radical (unpaired) electrons. The Labute approximate surface area is 84.9 Å². The van der Waals surface area contributed by atoms with E-state index in [1.807, 2.05) is 13.8 Å². The highest BCUT2D eigenvalue weighted by Gasteiger charge is 2.36. The summed E-state index contributed by atoms with van der Waals surface area (Å²) in [5.41, 5.74) is 1.55. The van der Waals surface area contributed by atoms with Gasteiger partial charge in [0.1, 0.15) is 5.76 Å². The first-order chi connectivity index (χ1) is 6.59. The molecule has 1 aliphatic rings. The molecule has 0 aromatic carbocycles. The third-order valence-electron chi connectivity index (χ3n) is 3.00. The number of nitrogens with one attached hydrogen (secondary N) is 1. The molecule has 0 saturated heterocycles. The van der Waals surface area contributed by atoms with Gasteiger partial charge in [0.05, 0.1) is 12.2 Å². The molecule has 0 atom stereocenters. The fourth-order valence-electron chi connectivity index (χ4n) is 1.48. The predicted octanol–water partition coefficient (Wildman–Crippen LogP) is 2.18. The number of aryl methyl sites for hydroxylation is 2. The Balaban J connectivity index is 1.80. The van der Waals surface area contributed by atoms with Gasteiger partial charge in [0.25, 0.3) is 0 Å². The van der Waals surface area contributed by atoms with Gasteiger partial charge in [-0.15, -0.1) is 0 Å². The van der Waals surface area contributed by atoms with Crippen LogP contribution in [0.3, 0.4) is 0 Å². The van der Waals surface area contributed by atoms with E-state index >= 15 is 0 Å². The second-order valence-corrected chi connectivity index (χ2v) is 4.66. The summed E-state index contributed by atoms with van der Waals surface area (Å²) in [5.74, 6) is 1.74. The van der Waals surface area contributed by atoms with Crippen LogP contribution in [0.5, 0.6) is 0 Å². The zero-order valence-electron chi connectivity index (χ0n) is 9.18. The Kier molecular flexibility index (Phi) is 2.35. The minimum atomic E-state index is 0.552. The van der Waals surface area contributed by atoms with Gasteiger partial charge >= 0.3 is 0 Å². The number of nitrogens with zero attached hydrogens (tertiary/aromatic N) is 1. The molecular weight excluding hydrogens is 176 g/mol. The molecule has 1 saturated carbocycles. The van der Waals surface area contributed by atoms with Gasteiger partial charge in [-0.05, 0) is 32.1 Å². The van der Waals surface area contributed by atoms with Gasteiger partial charge in [-0.2, -0.15) is 0 Å². The maximum Gasteiger partial charge on any atom is 0.208 e. The lowest BCUT2D eigenvalue weighted by Crippen LogP contribution is -2.21. The van der Waals surface area contributed by atoms with Crippen molar-refractivity contribution in [3.8, 4) is 0 Å². The number of rotatable bonds is 4. The molecule has 1 aromatic heterocycles. The molecule has 0 aliphatic heterocycles. The first-order valence-corrected chi connectivity index (χ1v) is 5.23. The van der Waals surface area contributed by atoms with Crippen LogP contribution in [0.2, 0.25) is 0 Å². The number of hydrogen-bond acceptors (Lipinski definition) is 3. The maximum absolute atomic E-state index is 5.48. The molecular formula is C11H18N2O. The van der Waals surface area contributed by atoms with Crippen LogP contribution in [0.25, 0.3) is 0 Å². The van der Waals surface area contributed by atoms with Gasteiger partial charge in [-0.1, -0.05) is 6.92 Å². The molecule has 1 aliphatic carbocycles. The van der Waals surface area contributed by atoms with E-state index in [0.29, 0.717) is 5.41 Å². The lowest BCUT2D eigenvalue weighted by Gasteiger charge is -2.07. The second-order valence-electron chi connectivity index (χ2n) is 4.66. The summed E-state index contributed by atoms with van der Waals surface area (Å²) in [6.45, 7) is 8.07. The lowest BCUT2D eigenvalue weighted by atomic mass is 10.1. The van der Waals surface area contributed by atoms with Crippen molar-refractivity contribution in [1.82, 2.24) is 10.3 Å². The molecule has 78 valence electrons. The number of oxazole rings is 1. The average molecular weight is 194 g/mol. The Morgan fingerprint density at radius 2 is 2.14 bits per heavy atom. The minimum Gasteiger partial charge on any atom is -0.444 e. The van der Waals surface area contributed by atoms with Gasteiger partial charge in [0.15, 0.2) is 0 Å². The molecule has 2 rings (SSSR count). The van der Waals surface area contributed by atoms with Gasteiger partial charge < -0.3 is 9.73 Å². The molecule has 1 heterocycles. The Bertz CT molecular complexity index is 307. The molecule has 0 bridgehead atoms. The zero-order valence-corrected chi connectivity index (χ0v) is 9.18. The van der Waals surface area contributed by atoms with Gasteiger partial charge in [-0.3, -0.25) is 0 Å².